The van der Waals surface area contributed by atoms with Gasteiger partial charge in [0.25, 0.3) is 10.2 Å². The summed E-state index contributed by atoms with van der Waals surface area (Å²) in [6.45, 7) is -2.93. The van der Waals surface area contributed by atoms with Crippen LogP contribution >= 0.6 is 0 Å². The van der Waals surface area contributed by atoms with E-state index < -0.39 is 41.5 Å². The molecule has 0 aromatic carbocycles. The molecule has 0 spiro atoms. The molecule has 0 heterocycles. The zero-order valence-electron chi connectivity index (χ0n) is 7.81. The Morgan fingerprint density at radius 1 is 1.44 bits per heavy atom. The average molecular weight is 265 g/mol. The predicted molar refractivity (Wildman–Crippen MR) is 46.3 cm³/mol. The van der Waals surface area contributed by atoms with E-state index in [0.717, 1.165) is 0 Å². The molecule has 7 nitrogen and oxygen atoms in total. The molecule has 1 unspecified atom stereocenters. The van der Waals surface area contributed by atoms with Gasteiger partial charge in [0.1, 0.15) is 12.6 Å². The van der Waals surface area contributed by atoms with Gasteiger partial charge in [-0.05, 0) is 0 Å². The second-order valence-electron chi connectivity index (χ2n) is 2.90. The first-order chi connectivity index (χ1) is 6.93. The number of nitrogens with two attached hydrogens (primary N) is 2. The van der Waals surface area contributed by atoms with Crippen LogP contribution in [0.5, 0.6) is 0 Å². The number of carbonyl (C=O) groups is 1. The average Bonchev–Trinajstić information content (AvgIpc) is 1.98. The molecular weight excluding hydrogens is 255 g/mol. The van der Waals surface area contributed by atoms with Crippen LogP contribution in [0.4, 0.5) is 13.2 Å². The van der Waals surface area contributed by atoms with Gasteiger partial charge in [-0.2, -0.15) is 25.9 Å². The molecule has 0 saturated carbocycles. The van der Waals surface area contributed by atoms with Crippen molar-refractivity contribution < 1.29 is 31.5 Å². The molecule has 5 N–H and O–H groups in total. The molecule has 0 aromatic rings. The quantitative estimate of drug-likeness (QED) is 0.555. The van der Waals surface area contributed by atoms with Crippen molar-refractivity contribution in [3.63, 3.8) is 0 Å². The highest BCUT2D eigenvalue weighted by Crippen LogP contribution is 2.17. The van der Waals surface area contributed by atoms with Crippen LogP contribution in [0.15, 0.2) is 0 Å². The van der Waals surface area contributed by atoms with Gasteiger partial charge in [0.2, 0.25) is 0 Å². The number of aliphatic carboxylic acids is 1. The Morgan fingerprint density at radius 3 is 2.12 bits per heavy atom. The first-order valence-corrected chi connectivity index (χ1v) is 5.27. The van der Waals surface area contributed by atoms with Crippen LogP contribution in [-0.2, 0) is 15.0 Å². The van der Waals surface area contributed by atoms with Crippen molar-refractivity contribution in [3.05, 3.63) is 0 Å². The number of nitrogens with zero attached hydrogens (tertiary/aromatic N) is 1. The van der Waals surface area contributed by atoms with E-state index in [4.69, 9.17) is 10.8 Å². The summed E-state index contributed by atoms with van der Waals surface area (Å²) in [6, 6.07) is -1.78. The van der Waals surface area contributed by atoms with Crippen molar-refractivity contribution in [2.24, 2.45) is 10.9 Å². The Bertz CT molecular complexity index is 354. The molecule has 0 aliphatic carbocycles. The number of carboxylic acids is 1. The lowest BCUT2D eigenvalue weighted by molar-refractivity contribution is -0.143. The van der Waals surface area contributed by atoms with E-state index in [0.29, 0.717) is 0 Å². The van der Waals surface area contributed by atoms with Crippen molar-refractivity contribution >= 4 is 16.2 Å². The zero-order chi connectivity index (χ0) is 13.1. The van der Waals surface area contributed by atoms with Crippen LogP contribution in [0, 0.1) is 0 Å². The van der Waals surface area contributed by atoms with Crippen LogP contribution in [0.2, 0.25) is 0 Å². The number of carboxylic acid groups (broad SMARTS) is 1. The van der Waals surface area contributed by atoms with Crippen LogP contribution in [0.3, 0.4) is 0 Å². The number of alkyl halides is 3. The van der Waals surface area contributed by atoms with E-state index in [1.165, 1.54) is 0 Å². The Labute approximate surface area is 89.0 Å². The Kier molecular flexibility index (Phi) is 4.67. The molecule has 0 aromatic heterocycles. The summed E-state index contributed by atoms with van der Waals surface area (Å²) in [5.41, 5.74) is 4.90. The predicted octanol–water partition coefficient (Wildman–Crippen LogP) is -1.53. The number of halogens is 3. The van der Waals surface area contributed by atoms with Crippen molar-refractivity contribution in [3.8, 4) is 0 Å². The summed E-state index contributed by atoms with van der Waals surface area (Å²) in [5.74, 6) is -1.63. The lowest BCUT2D eigenvalue weighted by atomic mass is 10.3. The number of hydrogen-bond donors (Lipinski definition) is 3. The minimum Gasteiger partial charge on any atom is -0.480 e. The molecule has 0 saturated heterocycles. The SMILES string of the molecule is NC(CN(CC(F)(F)F)S(N)(=O)=O)C(=O)O. The molecule has 1 atom stereocenters. The minimum absolute atomic E-state index is 0.244. The normalized spacial score (nSPS) is 15.1. The first-order valence-electron chi connectivity index (χ1n) is 3.76. The Morgan fingerprint density at radius 2 is 1.88 bits per heavy atom. The molecule has 0 amide bonds. The van der Waals surface area contributed by atoms with Crippen molar-refractivity contribution in [1.82, 2.24) is 4.31 Å². The highest BCUT2D eigenvalue weighted by molar-refractivity contribution is 7.86. The minimum atomic E-state index is -4.83. The molecule has 0 aliphatic heterocycles. The molecular formula is C5H10F3N3O4S. The van der Waals surface area contributed by atoms with Crippen LogP contribution in [-0.4, -0.2) is 49.1 Å². The van der Waals surface area contributed by atoms with Gasteiger partial charge in [-0.25, -0.2) is 5.14 Å². The van der Waals surface area contributed by atoms with E-state index in [1.54, 1.807) is 0 Å². The second-order valence-corrected chi connectivity index (χ2v) is 4.44. The van der Waals surface area contributed by atoms with E-state index in [9.17, 15) is 26.4 Å². The second kappa shape index (κ2) is 4.95. The largest absolute Gasteiger partial charge is 0.480 e. The standard InChI is InChI=1S/C5H10F3N3O4S/c6-5(7,8)2-11(16(10,14)15)1-3(9)4(12)13/h3H,1-2,9H2,(H,12,13)(H2,10,14,15). The van der Waals surface area contributed by atoms with Gasteiger partial charge in [0.15, 0.2) is 0 Å². The summed E-state index contributed by atoms with van der Waals surface area (Å²) in [4.78, 5) is 10.3. The Hall–Kier alpha value is -0.910. The van der Waals surface area contributed by atoms with Gasteiger partial charge in [0.05, 0.1) is 0 Å². The molecule has 11 heteroatoms. The summed E-state index contributed by atoms with van der Waals surface area (Å²) in [6.07, 6.45) is -4.83. The molecule has 16 heavy (non-hydrogen) atoms. The van der Waals surface area contributed by atoms with Crippen LogP contribution < -0.4 is 10.9 Å². The first kappa shape index (κ1) is 15.1. The third-order valence-electron chi connectivity index (χ3n) is 1.43. The van der Waals surface area contributed by atoms with Gasteiger partial charge < -0.3 is 10.8 Å². The lowest BCUT2D eigenvalue weighted by Crippen LogP contribution is -2.50. The smallest absolute Gasteiger partial charge is 0.402 e. The highest BCUT2D eigenvalue weighted by Gasteiger charge is 2.36. The molecule has 96 valence electrons. The van der Waals surface area contributed by atoms with E-state index >= 15 is 0 Å². The summed E-state index contributed by atoms with van der Waals surface area (Å²) >= 11 is 0. The maximum absolute atomic E-state index is 11.9. The van der Waals surface area contributed by atoms with E-state index in [2.05, 4.69) is 5.14 Å². The van der Waals surface area contributed by atoms with Crippen molar-refractivity contribution in [1.29, 1.82) is 0 Å². The third-order valence-corrected chi connectivity index (χ3v) is 2.43. The fourth-order valence-electron chi connectivity index (χ4n) is 0.756. The van der Waals surface area contributed by atoms with Gasteiger partial charge >= 0.3 is 12.1 Å². The van der Waals surface area contributed by atoms with Crippen molar-refractivity contribution in [2.45, 2.75) is 12.2 Å². The highest BCUT2D eigenvalue weighted by atomic mass is 32.2. The summed E-state index contributed by atoms with van der Waals surface area (Å²) in [5, 5.41) is 12.8. The third kappa shape index (κ3) is 5.85. The molecule has 0 rings (SSSR count). The van der Waals surface area contributed by atoms with Crippen molar-refractivity contribution in [2.75, 3.05) is 13.1 Å². The molecule has 0 radical (unpaired) electrons. The summed E-state index contributed by atoms with van der Waals surface area (Å²) < 4.78 is 57.0. The van der Waals surface area contributed by atoms with Crippen LogP contribution in [0.1, 0.15) is 0 Å². The number of rotatable bonds is 5. The molecule has 0 aliphatic rings. The molecule has 0 fully saturated rings. The maximum Gasteiger partial charge on any atom is 0.402 e. The van der Waals surface area contributed by atoms with E-state index in [1.807, 2.05) is 0 Å². The fourth-order valence-corrected chi connectivity index (χ4v) is 1.45. The van der Waals surface area contributed by atoms with Gasteiger partial charge in [-0.1, -0.05) is 0 Å². The number of hydrogen-bond acceptors (Lipinski definition) is 4. The van der Waals surface area contributed by atoms with E-state index in [-0.39, 0.29) is 4.31 Å². The lowest BCUT2D eigenvalue weighted by Gasteiger charge is -2.22. The fraction of sp³-hybridized carbons (Fsp3) is 0.800. The van der Waals surface area contributed by atoms with Gasteiger partial charge in [-0.15, -0.1) is 0 Å². The Balaban J connectivity index is 4.79. The van der Waals surface area contributed by atoms with Gasteiger partial charge in [-0.3, -0.25) is 4.79 Å². The maximum atomic E-state index is 11.9. The zero-order valence-corrected chi connectivity index (χ0v) is 8.62. The topological polar surface area (TPSA) is 127 Å². The summed E-state index contributed by atoms with van der Waals surface area (Å²) in [7, 11) is -4.66. The van der Waals surface area contributed by atoms with Crippen LogP contribution in [0.25, 0.3) is 0 Å². The molecule has 0 bridgehead atoms. The van der Waals surface area contributed by atoms with Gasteiger partial charge in [0, 0.05) is 6.54 Å². The monoisotopic (exact) mass is 265 g/mol.